The van der Waals surface area contributed by atoms with Crippen molar-refractivity contribution in [3.63, 3.8) is 0 Å². The van der Waals surface area contributed by atoms with Crippen LogP contribution in [0.1, 0.15) is 2.80 Å². The second-order valence-electron chi connectivity index (χ2n) is 10.8. The Morgan fingerprint density at radius 1 is 0.774 bits per heavy atom. The van der Waals surface area contributed by atoms with Crippen molar-refractivity contribution in [2.24, 2.45) is 0 Å². The molecule has 62 heavy (non-hydrogen) atoms. The summed E-state index contributed by atoms with van der Waals surface area (Å²) in [4.78, 5) is 11.2. The zero-order valence-corrected chi connectivity index (χ0v) is 49.1. The molecule has 0 radical (unpaired) electrons. The zero-order chi connectivity index (χ0) is 46.1. The summed E-state index contributed by atoms with van der Waals surface area (Å²) < 4.78 is 50.2. The van der Waals surface area contributed by atoms with E-state index in [2.05, 4.69) is 52.7 Å². The van der Waals surface area contributed by atoms with E-state index in [1.165, 1.54) is 42.5 Å². The fourth-order valence-electron chi connectivity index (χ4n) is 4.61. The van der Waals surface area contributed by atoms with Gasteiger partial charge in [-0.1, -0.05) is 136 Å². The Hall–Kier alpha value is 1.11. The molecule has 0 aliphatic rings. The van der Waals surface area contributed by atoms with Crippen LogP contribution in [-0.2, 0) is 9.68 Å². The van der Waals surface area contributed by atoms with Gasteiger partial charge in [-0.25, -0.2) is 8.78 Å². The van der Waals surface area contributed by atoms with Crippen molar-refractivity contribution in [2.75, 3.05) is 7.15 Å². The first-order valence-corrected chi connectivity index (χ1v) is 21.3. The molecular weight excluding hydrogens is 1310 g/mol. The molecule has 7 rings (SSSR count). The zero-order valence-electron chi connectivity index (χ0n) is 33.4. The quantitative estimate of drug-likeness (QED) is 0.0466. The second kappa shape index (κ2) is 32.0. The minimum absolute atomic E-state index is 0. The minimum Gasteiger partial charge on any atom is -1.00 e. The normalized spacial score (nSPS) is 9.84. The molecule has 0 bridgehead atoms. The van der Waals surface area contributed by atoms with Crippen molar-refractivity contribution in [1.82, 2.24) is 0 Å². The number of hydrogen-bond donors (Lipinski definition) is 4. The number of hydrogen-bond acceptors (Lipinski definition) is 8. The first-order valence-electron chi connectivity index (χ1n) is 16.2. The van der Waals surface area contributed by atoms with Crippen LogP contribution < -0.4 is 113 Å². The Labute approximate surface area is 510 Å². The van der Waals surface area contributed by atoms with Gasteiger partial charge in [0.05, 0.1) is 27.2 Å². The van der Waals surface area contributed by atoms with Crippen LogP contribution in [0.4, 0.5) is 13.2 Å². The van der Waals surface area contributed by atoms with Gasteiger partial charge in [-0.15, -0.1) is 0 Å². The molecule has 7 aromatic rings. The van der Waals surface area contributed by atoms with Crippen molar-refractivity contribution in [3.8, 4) is 22.6 Å². The van der Waals surface area contributed by atoms with Crippen LogP contribution in [0, 0.1) is 15.2 Å². The van der Waals surface area contributed by atoms with Crippen LogP contribution in [0.2, 0.25) is 30.1 Å². The summed E-state index contributed by atoms with van der Waals surface area (Å²) in [5.74, 6) is -1.20. The molecule has 0 aliphatic carbocycles. The molecule has 1 heterocycles. The predicted molar refractivity (Wildman–Crippen MR) is 253 cm³/mol. The summed E-state index contributed by atoms with van der Waals surface area (Å²) in [5, 5.41) is 49.1. The number of alkyl halides is 1. The molecule has 0 atom stereocenters. The predicted octanol–water partition coefficient (Wildman–Crippen LogP) is 7.64. The van der Waals surface area contributed by atoms with Crippen LogP contribution in [-0.4, -0.2) is 41.0 Å². The summed E-state index contributed by atoms with van der Waals surface area (Å²) >= 11 is 46.6. The molecule has 6 aromatic carbocycles. The number of carbonyl (C=O) groups is 1. The van der Waals surface area contributed by atoms with E-state index in [0.29, 0.717) is 38.2 Å². The average molecular weight is 1330 g/mol. The molecule has 0 saturated heterocycles. The maximum absolute atomic E-state index is 13.8. The number of benzene rings is 6. The third-order valence-electron chi connectivity index (χ3n) is 7.00. The molecule has 320 valence electrons. The van der Waals surface area contributed by atoms with Crippen molar-refractivity contribution in [1.29, 1.82) is 0 Å². The number of fused-ring (bicyclic) bond motifs is 3. The number of aromatic hydroxyl groups is 2. The number of carbonyl (C=O) groups excluding carboxylic acids is 1. The third kappa shape index (κ3) is 18.9. The van der Waals surface area contributed by atoms with Crippen LogP contribution in [0.5, 0.6) is 11.5 Å². The summed E-state index contributed by atoms with van der Waals surface area (Å²) in [5.41, 5.74) is 1.83. The summed E-state index contributed by atoms with van der Waals surface area (Å²) in [6, 6.07) is 24.1. The molecule has 0 saturated carbocycles. The van der Waals surface area contributed by atoms with Gasteiger partial charge >= 0.3 is 110 Å². The summed E-state index contributed by atoms with van der Waals surface area (Å²) in [6.07, 6.45) is 0. The molecule has 24 heteroatoms. The van der Waals surface area contributed by atoms with E-state index in [-0.39, 0.29) is 149 Å². The van der Waals surface area contributed by atoms with E-state index in [9.17, 15) is 18.3 Å². The molecule has 0 amide bonds. The van der Waals surface area contributed by atoms with Crippen molar-refractivity contribution >= 4 is 181 Å². The molecule has 0 fully saturated rings. The molecule has 1 aromatic heterocycles. The Morgan fingerprint density at radius 3 is 1.74 bits per heavy atom. The average Bonchev–Trinajstić information content (AvgIpc) is 3.57. The van der Waals surface area contributed by atoms with Crippen molar-refractivity contribution in [3.05, 3.63) is 150 Å². The van der Waals surface area contributed by atoms with Gasteiger partial charge in [-0.3, -0.25) is 9.18 Å². The SMILES string of the molecule is Clc1cc(Cl)c2oc3cccc(Br)c3c2c1.O=CO[O-].OB(O)c1c(F)cccc1Br.Oc1c(Cl)cc(Cl)cc1-c1c(F)cccc1Br.Oc1c(Cl)cc(Cl)cc1I.[2H]CF.[H-].[K+].[K+]. The Bertz CT molecular complexity index is 2540. The number of halogens is 13. The first kappa shape index (κ1) is 61.1. The van der Waals surface area contributed by atoms with Crippen molar-refractivity contribution in [2.45, 2.75) is 0 Å². The Balaban J connectivity index is 0. The number of phenols is 2. The van der Waals surface area contributed by atoms with Crippen LogP contribution in [0.25, 0.3) is 33.1 Å². The van der Waals surface area contributed by atoms with Gasteiger partial charge < -0.3 is 36.2 Å². The maximum atomic E-state index is 13.8. The Kier molecular flexibility index (Phi) is 31.6. The van der Waals surface area contributed by atoms with Gasteiger partial charge in [-0.2, -0.15) is 0 Å². The number of phenolic OH excluding ortho intramolecular Hbond substituents is 2. The standard InChI is InChI=1S/C12H6BrCl2FO.C12H5BrCl2O.C6H5BBrFO2.C6H3Cl2IO.CH3F.CH2O3.2K.H/c13-8-2-1-3-10(16)11(8)7-4-6(14)5-9(15)12(7)17;13-8-2-1-3-10-11(8)7-4-6(14)5-9(15)12(7)16-10;8-4-2-1-3-5(9)6(4)7(10)11;7-3-1-4(8)6(10)5(9)2-3;1-2;2-1-4-3;;;/h1-5,17H;1-5H;1-3,10-11H;1-2,10H;1H3;1,3H;;;/q;;;;;;2*+1;-1/p-1/i;;;;1D;;;;. The van der Waals surface area contributed by atoms with Gasteiger partial charge in [0.2, 0.25) is 0 Å². The topological polar surface area (TPSA) is 143 Å². The monoisotopic (exact) mass is 1330 g/mol. The molecule has 4 N–H and O–H groups in total. The van der Waals surface area contributed by atoms with Crippen molar-refractivity contribution < 1.29 is 158 Å². The third-order valence-corrected chi connectivity index (χ3v) is 11.4. The van der Waals surface area contributed by atoms with E-state index < -0.39 is 25.9 Å². The van der Waals surface area contributed by atoms with Gasteiger partial charge in [0.15, 0.2) is 5.58 Å². The fourth-order valence-corrected chi connectivity index (χ4v) is 8.77. The van der Waals surface area contributed by atoms with Gasteiger partial charge in [0.25, 0.3) is 6.47 Å². The minimum atomic E-state index is -1.77. The van der Waals surface area contributed by atoms with Crippen LogP contribution >= 0.6 is 140 Å². The van der Waals surface area contributed by atoms with E-state index in [1.807, 2.05) is 46.9 Å². The van der Waals surface area contributed by atoms with E-state index in [4.69, 9.17) is 101 Å². The number of furan rings is 1. The van der Waals surface area contributed by atoms with Crippen LogP contribution in [0.15, 0.2) is 109 Å². The van der Waals surface area contributed by atoms with E-state index in [0.717, 1.165) is 20.8 Å². The number of rotatable bonds is 3. The molecule has 0 unspecified atom stereocenters. The molecular formula is C38H24BBr3Cl6F3IK2O8. The molecule has 8 nitrogen and oxygen atoms in total. The van der Waals surface area contributed by atoms with Crippen LogP contribution in [0.3, 0.4) is 0 Å². The molecule has 0 aliphatic heterocycles. The summed E-state index contributed by atoms with van der Waals surface area (Å²) in [6.45, 7) is -0.181. The van der Waals surface area contributed by atoms with E-state index >= 15 is 0 Å². The summed E-state index contributed by atoms with van der Waals surface area (Å²) in [7, 11) is -2.77. The first-order chi connectivity index (χ1) is 28.7. The second-order valence-corrected chi connectivity index (χ2v) is 17.0. The van der Waals surface area contributed by atoms with Gasteiger partial charge in [-0.05, 0) is 95.4 Å². The largest absolute Gasteiger partial charge is 1.00 e. The van der Waals surface area contributed by atoms with Gasteiger partial charge in [0.1, 0.15) is 28.7 Å². The Morgan fingerprint density at radius 2 is 1.24 bits per heavy atom. The van der Waals surface area contributed by atoms with E-state index in [1.54, 1.807) is 24.3 Å². The fraction of sp³-hybridized carbons (Fsp3) is 0.0263. The molecule has 0 spiro atoms. The van der Waals surface area contributed by atoms with Gasteiger partial charge in [0, 0.05) is 55.8 Å². The smallest absolute Gasteiger partial charge is 1.00 e. The maximum Gasteiger partial charge on any atom is 1.00 e.